The Balaban J connectivity index is 1.48. The van der Waals surface area contributed by atoms with Gasteiger partial charge in [0, 0.05) is 9.75 Å². The van der Waals surface area contributed by atoms with Gasteiger partial charge in [-0.25, -0.2) is 0 Å². The highest BCUT2D eigenvalue weighted by molar-refractivity contribution is 7.12. The number of nitrogens with zero attached hydrogens (tertiary/aromatic N) is 2. The minimum absolute atomic E-state index is 0.374. The fourth-order valence-electron chi connectivity index (χ4n) is 7.19. The number of rotatable bonds is 4. The number of likely N-dealkylation sites (tertiary alicyclic amines) is 2. The lowest BCUT2D eigenvalue weighted by Crippen LogP contribution is -2.50. The summed E-state index contributed by atoms with van der Waals surface area (Å²) in [5.74, 6) is 0. The van der Waals surface area contributed by atoms with E-state index >= 15 is 0 Å². The Bertz CT molecular complexity index is 587. The van der Waals surface area contributed by atoms with Crippen LogP contribution in [0.4, 0.5) is 0 Å². The van der Waals surface area contributed by atoms with Crippen molar-refractivity contribution >= 4 is 11.3 Å². The van der Waals surface area contributed by atoms with Crippen LogP contribution in [0.5, 0.6) is 0 Å². The lowest BCUT2D eigenvalue weighted by Gasteiger charge is -2.49. The third-order valence-electron chi connectivity index (χ3n) is 8.81. The molecule has 2 nitrogen and oxygen atoms in total. The van der Waals surface area contributed by atoms with Crippen molar-refractivity contribution in [2.45, 2.75) is 114 Å². The van der Waals surface area contributed by atoms with Crippen LogP contribution >= 0.6 is 11.3 Å². The van der Waals surface area contributed by atoms with Crippen molar-refractivity contribution in [3.8, 4) is 0 Å². The SMILES string of the molecule is c1cc(C2(N3CCCCC3)CCCCC2)sc1C1(N2CCCCC2)CCCCC1. The fraction of sp³-hybridized carbons (Fsp3) is 0.846. The summed E-state index contributed by atoms with van der Waals surface area (Å²) in [6.07, 6.45) is 22.8. The third-order valence-corrected chi connectivity index (χ3v) is 10.3. The van der Waals surface area contributed by atoms with Crippen LogP contribution < -0.4 is 0 Å². The highest BCUT2D eigenvalue weighted by atomic mass is 32.1. The molecule has 2 aliphatic carbocycles. The zero-order valence-electron chi connectivity index (χ0n) is 18.6. The quantitative estimate of drug-likeness (QED) is 0.521. The molecule has 0 unspecified atom stereocenters. The molecule has 1 aromatic heterocycles. The average Bonchev–Trinajstić information content (AvgIpc) is 3.33. The summed E-state index contributed by atoms with van der Waals surface area (Å²) in [5, 5.41) is 0. The molecule has 0 atom stereocenters. The molecular formula is C26H42N2S. The van der Waals surface area contributed by atoms with Gasteiger partial charge in [-0.05, 0) is 89.7 Å². The molecule has 0 amide bonds. The van der Waals surface area contributed by atoms with E-state index < -0.39 is 0 Å². The van der Waals surface area contributed by atoms with Gasteiger partial charge in [-0.3, -0.25) is 9.80 Å². The molecule has 1 aromatic rings. The van der Waals surface area contributed by atoms with Gasteiger partial charge >= 0.3 is 0 Å². The van der Waals surface area contributed by atoms with E-state index in [9.17, 15) is 0 Å². The van der Waals surface area contributed by atoms with Crippen LogP contribution in [0.1, 0.15) is 112 Å². The maximum Gasteiger partial charge on any atom is 0.0553 e. The van der Waals surface area contributed by atoms with Gasteiger partial charge in [-0.15, -0.1) is 11.3 Å². The van der Waals surface area contributed by atoms with E-state index in [-0.39, 0.29) is 0 Å². The molecule has 0 N–H and O–H groups in total. The lowest BCUT2D eigenvalue weighted by atomic mass is 9.77. The molecule has 29 heavy (non-hydrogen) atoms. The topological polar surface area (TPSA) is 6.48 Å². The highest BCUT2D eigenvalue weighted by Crippen LogP contribution is 2.51. The normalized spacial score (nSPS) is 29.0. The molecule has 0 aromatic carbocycles. The number of hydrogen-bond acceptors (Lipinski definition) is 3. The minimum atomic E-state index is 0.374. The van der Waals surface area contributed by atoms with Crippen LogP contribution in [0.2, 0.25) is 0 Å². The van der Waals surface area contributed by atoms with E-state index in [0.717, 1.165) is 0 Å². The largest absolute Gasteiger partial charge is 0.293 e. The maximum atomic E-state index is 2.93. The summed E-state index contributed by atoms with van der Waals surface area (Å²) in [7, 11) is 0. The van der Waals surface area contributed by atoms with Crippen molar-refractivity contribution in [2.24, 2.45) is 0 Å². The molecule has 0 radical (unpaired) electrons. The van der Waals surface area contributed by atoms with Gasteiger partial charge in [0.05, 0.1) is 11.1 Å². The second kappa shape index (κ2) is 9.01. The van der Waals surface area contributed by atoms with Crippen molar-refractivity contribution < 1.29 is 0 Å². The minimum Gasteiger partial charge on any atom is -0.293 e. The van der Waals surface area contributed by atoms with Crippen LogP contribution in [-0.2, 0) is 11.1 Å². The molecule has 0 spiro atoms. The molecule has 162 valence electrons. The van der Waals surface area contributed by atoms with Gasteiger partial charge in [0.25, 0.3) is 0 Å². The third kappa shape index (κ3) is 3.85. The van der Waals surface area contributed by atoms with E-state index in [4.69, 9.17) is 0 Å². The molecule has 2 aliphatic heterocycles. The molecule has 3 heterocycles. The first-order valence-electron chi connectivity index (χ1n) is 12.9. The first kappa shape index (κ1) is 20.5. The monoisotopic (exact) mass is 414 g/mol. The smallest absolute Gasteiger partial charge is 0.0553 e. The Morgan fingerprint density at radius 1 is 0.483 bits per heavy atom. The highest BCUT2D eigenvalue weighted by Gasteiger charge is 2.45. The van der Waals surface area contributed by atoms with Gasteiger partial charge in [0.15, 0.2) is 0 Å². The second-order valence-corrected chi connectivity index (χ2v) is 11.5. The van der Waals surface area contributed by atoms with Gasteiger partial charge in [0.1, 0.15) is 0 Å². The predicted octanol–water partition coefficient (Wildman–Crippen LogP) is 7.04. The standard InChI is InChI=1S/C26H42N2S/c1-5-15-25(16-6-1,27-19-9-3-10-20-27)23-13-14-24(29-23)26(17-7-2-8-18-26)28-21-11-4-12-22-28/h13-14H,1-12,15-22H2. The molecule has 2 saturated carbocycles. The van der Waals surface area contributed by atoms with Crippen molar-refractivity contribution in [1.82, 2.24) is 9.80 Å². The molecule has 2 saturated heterocycles. The Hall–Kier alpha value is -0.380. The molecular weight excluding hydrogens is 372 g/mol. The number of hydrogen-bond donors (Lipinski definition) is 0. The van der Waals surface area contributed by atoms with Crippen LogP contribution in [0.3, 0.4) is 0 Å². The summed E-state index contributed by atoms with van der Waals surface area (Å²) in [6, 6.07) is 5.19. The fourth-order valence-corrected chi connectivity index (χ4v) is 8.75. The van der Waals surface area contributed by atoms with E-state index in [2.05, 4.69) is 33.3 Å². The van der Waals surface area contributed by atoms with Crippen LogP contribution in [0.15, 0.2) is 12.1 Å². The van der Waals surface area contributed by atoms with Gasteiger partial charge in [-0.2, -0.15) is 0 Å². The van der Waals surface area contributed by atoms with E-state index in [1.165, 1.54) is 129 Å². The maximum absolute atomic E-state index is 2.93. The van der Waals surface area contributed by atoms with Crippen molar-refractivity contribution in [1.29, 1.82) is 0 Å². The Morgan fingerprint density at radius 2 is 0.828 bits per heavy atom. The van der Waals surface area contributed by atoms with E-state index in [1.54, 1.807) is 9.75 Å². The predicted molar refractivity (Wildman–Crippen MR) is 125 cm³/mol. The first-order chi connectivity index (χ1) is 14.3. The molecule has 4 fully saturated rings. The van der Waals surface area contributed by atoms with Gasteiger partial charge < -0.3 is 0 Å². The zero-order chi connectivity index (χ0) is 19.6. The van der Waals surface area contributed by atoms with Crippen LogP contribution in [0, 0.1) is 0 Å². The summed E-state index contributed by atoms with van der Waals surface area (Å²) in [6.45, 7) is 5.35. The average molecular weight is 415 g/mol. The van der Waals surface area contributed by atoms with Crippen LogP contribution in [-0.4, -0.2) is 36.0 Å². The van der Waals surface area contributed by atoms with Gasteiger partial charge in [-0.1, -0.05) is 51.4 Å². The van der Waals surface area contributed by atoms with E-state index in [1.807, 2.05) is 0 Å². The summed E-state index contributed by atoms with van der Waals surface area (Å²) in [4.78, 5) is 9.33. The summed E-state index contributed by atoms with van der Waals surface area (Å²) >= 11 is 2.25. The second-order valence-electron chi connectivity index (χ2n) is 10.4. The van der Waals surface area contributed by atoms with Gasteiger partial charge in [0.2, 0.25) is 0 Å². The van der Waals surface area contributed by atoms with Crippen molar-refractivity contribution in [2.75, 3.05) is 26.2 Å². The Labute approximate surface area is 183 Å². The summed E-state index contributed by atoms with van der Waals surface area (Å²) in [5.41, 5.74) is 0.749. The molecule has 3 heteroatoms. The van der Waals surface area contributed by atoms with Crippen LogP contribution in [0.25, 0.3) is 0 Å². The van der Waals surface area contributed by atoms with E-state index in [0.29, 0.717) is 11.1 Å². The molecule has 0 bridgehead atoms. The number of piperidine rings is 2. The lowest BCUT2D eigenvalue weighted by molar-refractivity contribution is 0.0321. The Morgan fingerprint density at radius 3 is 1.21 bits per heavy atom. The van der Waals surface area contributed by atoms with Crippen molar-refractivity contribution in [3.05, 3.63) is 21.9 Å². The Kier molecular flexibility index (Phi) is 6.37. The molecule has 5 rings (SSSR count). The summed E-state index contributed by atoms with van der Waals surface area (Å²) < 4.78 is 0. The molecule has 4 aliphatic rings. The first-order valence-corrected chi connectivity index (χ1v) is 13.8. The van der Waals surface area contributed by atoms with Crippen molar-refractivity contribution in [3.63, 3.8) is 0 Å². The zero-order valence-corrected chi connectivity index (χ0v) is 19.4. The number of thiophene rings is 1.